The molecule has 0 saturated carbocycles. The molecule has 5 rings (SSSR count). The molecule has 0 saturated heterocycles. The molecular formula is C20H18FN7O2. The van der Waals surface area contributed by atoms with Crippen LogP contribution in [0.4, 0.5) is 4.39 Å². The smallest absolute Gasteiger partial charge is 0.233 e. The average molecular weight is 407 g/mol. The number of nitrogens with zero attached hydrogens (tertiary/aromatic N) is 6. The van der Waals surface area contributed by atoms with Crippen molar-refractivity contribution in [2.45, 2.75) is 26.6 Å². The summed E-state index contributed by atoms with van der Waals surface area (Å²) in [6.45, 7) is 4.34. The van der Waals surface area contributed by atoms with Gasteiger partial charge in [0.2, 0.25) is 5.88 Å². The van der Waals surface area contributed by atoms with Crippen LogP contribution in [0.25, 0.3) is 22.8 Å². The maximum absolute atomic E-state index is 13.2. The molecule has 30 heavy (non-hydrogen) atoms. The van der Waals surface area contributed by atoms with Crippen LogP contribution in [0.5, 0.6) is 5.88 Å². The molecule has 1 aliphatic rings. The van der Waals surface area contributed by atoms with Gasteiger partial charge in [0.15, 0.2) is 5.82 Å². The molecule has 10 heteroatoms. The predicted octanol–water partition coefficient (Wildman–Crippen LogP) is 2.52. The van der Waals surface area contributed by atoms with Crippen LogP contribution in [0.1, 0.15) is 17.1 Å². The third-order valence-corrected chi connectivity index (χ3v) is 4.96. The molecule has 152 valence electrons. The van der Waals surface area contributed by atoms with Gasteiger partial charge in [-0.2, -0.15) is 0 Å². The molecule has 0 fully saturated rings. The van der Waals surface area contributed by atoms with Crippen LogP contribution >= 0.6 is 0 Å². The quantitative estimate of drug-likeness (QED) is 0.538. The number of fused-ring (bicyclic) bond motifs is 1. The van der Waals surface area contributed by atoms with Gasteiger partial charge in [0.1, 0.15) is 35.4 Å². The Bertz CT molecular complexity index is 1170. The topological polar surface area (TPSA) is 104 Å². The molecule has 0 spiro atoms. The van der Waals surface area contributed by atoms with Gasteiger partial charge in [-0.05, 0) is 37.3 Å². The number of nitrogens with one attached hydrogen (secondary N) is 1. The fourth-order valence-electron chi connectivity index (χ4n) is 3.34. The highest BCUT2D eigenvalue weighted by molar-refractivity contribution is 5.63. The number of rotatable bonds is 5. The van der Waals surface area contributed by atoms with E-state index in [1.807, 2.05) is 10.6 Å². The van der Waals surface area contributed by atoms with E-state index in [9.17, 15) is 4.39 Å². The van der Waals surface area contributed by atoms with Gasteiger partial charge in [0.05, 0.1) is 12.1 Å². The molecule has 0 atom stereocenters. The van der Waals surface area contributed by atoms with Gasteiger partial charge in [0.25, 0.3) is 0 Å². The second-order valence-electron chi connectivity index (χ2n) is 6.89. The minimum atomic E-state index is -0.308. The minimum absolute atomic E-state index is 0.196. The summed E-state index contributed by atoms with van der Waals surface area (Å²) in [5.74, 6) is 2.26. The lowest BCUT2D eigenvalue weighted by atomic mass is 10.1. The van der Waals surface area contributed by atoms with Crippen molar-refractivity contribution in [2.24, 2.45) is 0 Å². The molecular weight excluding hydrogens is 389 g/mol. The van der Waals surface area contributed by atoms with Crippen LogP contribution in [0.2, 0.25) is 0 Å². The van der Waals surface area contributed by atoms with E-state index in [1.54, 1.807) is 25.1 Å². The fourth-order valence-corrected chi connectivity index (χ4v) is 3.34. The third-order valence-electron chi connectivity index (χ3n) is 4.96. The largest absolute Gasteiger partial charge is 0.472 e. The Hall–Kier alpha value is -3.66. The Labute approximate surface area is 170 Å². The lowest BCUT2D eigenvalue weighted by molar-refractivity contribution is 0.287. The van der Waals surface area contributed by atoms with Crippen molar-refractivity contribution < 1.29 is 13.7 Å². The zero-order valence-corrected chi connectivity index (χ0v) is 16.2. The molecule has 0 amide bonds. The van der Waals surface area contributed by atoms with Gasteiger partial charge in [-0.1, -0.05) is 5.16 Å². The van der Waals surface area contributed by atoms with Gasteiger partial charge in [0, 0.05) is 24.7 Å². The Morgan fingerprint density at radius 2 is 1.97 bits per heavy atom. The molecule has 0 unspecified atom stereocenters. The van der Waals surface area contributed by atoms with Crippen molar-refractivity contribution in [2.75, 3.05) is 6.54 Å². The van der Waals surface area contributed by atoms with Crippen molar-refractivity contribution in [1.82, 2.24) is 35.4 Å². The normalized spacial score (nSPS) is 13.3. The maximum atomic E-state index is 13.2. The van der Waals surface area contributed by atoms with Crippen LogP contribution in [-0.4, -0.2) is 36.7 Å². The molecule has 3 aromatic heterocycles. The molecule has 1 aliphatic heterocycles. The van der Waals surface area contributed by atoms with E-state index in [0.29, 0.717) is 35.4 Å². The van der Waals surface area contributed by atoms with E-state index < -0.39 is 0 Å². The standard InChI is InChI=1S/C20H18FN7O2/c1-12-15(19(27-30-12)13-2-4-14(21)5-3-13)11-29-18-7-6-16(23-25-18)20-26-24-17-10-22-8-9-28(17)20/h2-7,22H,8-11H2,1H3. The number of hydrogen-bond acceptors (Lipinski definition) is 8. The van der Waals surface area contributed by atoms with E-state index in [4.69, 9.17) is 9.26 Å². The number of hydrogen-bond donors (Lipinski definition) is 1. The van der Waals surface area contributed by atoms with Crippen LogP contribution in [0.15, 0.2) is 40.9 Å². The molecule has 1 aromatic carbocycles. The van der Waals surface area contributed by atoms with Crippen molar-refractivity contribution in [3.8, 4) is 28.7 Å². The van der Waals surface area contributed by atoms with Crippen molar-refractivity contribution in [1.29, 1.82) is 0 Å². The van der Waals surface area contributed by atoms with E-state index in [-0.39, 0.29) is 12.4 Å². The number of benzene rings is 1. The Balaban J connectivity index is 1.33. The SMILES string of the molecule is Cc1onc(-c2ccc(F)cc2)c1COc1ccc(-c2nnc3n2CCNC3)nn1. The molecule has 1 N–H and O–H groups in total. The molecule has 0 aliphatic carbocycles. The Kier molecular flexibility index (Phi) is 4.68. The third kappa shape index (κ3) is 3.41. The van der Waals surface area contributed by atoms with Crippen LogP contribution in [0, 0.1) is 12.7 Å². The number of halogens is 1. The van der Waals surface area contributed by atoms with Crippen LogP contribution in [-0.2, 0) is 19.7 Å². The van der Waals surface area contributed by atoms with E-state index in [1.165, 1.54) is 12.1 Å². The van der Waals surface area contributed by atoms with Crippen LogP contribution in [0.3, 0.4) is 0 Å². The molecule has 4 aromatic rings. The summed E-state index contributed by atoms with van der Waals surface area (Å²) in [5, 5.41) is 24.2. The monoisotopic (exact) mass is 407 g/mol. The molecule has 0 radical (unpaired) electrons. The summed E-state index contributed by atoms with van der Waals surface area (Å²) in [7, 11) is 0. The minimum Gasteiger partial charge on any atom is -0.472 e. The van der Waals surface area contributed by atoms with Crippen molar-refractivity contribution in [3.63, 3.8) is 0 Å². The summed E-state index contributed by atoms with van der Waals surface area (Å²) in [6, 6.07) is 9.62. The van der Waals surface area contributed by atoms with Crippen molar-refractivity contribution in [3.05, 3.63) is 59.4 Å². The fraction of sp³-hybridized carbons (Fsp3) is 0.250. The highest BCUT2D eigenvalue weighted by Gasteiger charge is 2.19. The summed E-state index contributed by atoms with van der Waals surface area (Å²) in [4.78, 5) is 0. The predicted molar refractivity (Wildman–Crippen MR) is 104 cm³/mol. The number of ether oxygens (including phenoxy) is 1. The second-order valence-corrected chi connectivity index (χ2v) is 6.89. The first kappa shape index (κ1) is 18.4. The Morgan fingerprint density at radius 3 is 2.77 bits per heavy atom. The van der Waals surface area contributed by atoms with Gasteiger partial charge in [-0.3, -0.25) is 0 Å². The van der Waals surface area contributed by atoms with Gasteiger partial charge in [-0.25, -0.2) is 4.39 Å². The lowest BCUT2D eigenvalue weighted by Gasteiger charge is -2.15. The Morgan fingerprint density at radius 1 is 1.10 bits per heavy atom. The first-order valence-corrected chi connectivity index (χ1v) is 9.50. The summed E-state index contributed by atoms with van der Waals surface area (Å²) >= 11 is 0. The van der Waals surface area contributed by atoms with E-state index >= 15 is 0 Å². The molecule has 0 bridgehead atoms. The zero-order chi connectivity index (χ0) is 20.5. The number of aromatic nitrogens is 6. The lowest BCUT2D eigenvalue weighted by Crippen LogP contribution is -2.28. The van der Waals surface area contributed by atoms with Gasteiger partial charge < -0.3 is 19.1 Å². The van der Waals surface area contributed by atoms with Crippen molar-refractivity contribution >= 4 is 0 Å². The summed E-state index contributed by atoms with van der Waals surface area (Å²) in [5.41, 5.74) is 2.77. The first-order chi connectivity index (χ1) is 14.7. The number of aryl methyl sites for hydroxylation is 1. The second kappa shape index (κ2) is 7.64. The van der Waals surface area contributed by atoms with E-state index in [0.717, 1.165) is 30.0 Å². The maximum Gasteiger partial charge on any atom is 0.233 e. The first-order valence-electron chi connectivity index (χ1n) is 9.50. The highest BCUT2D eigenvalue weighted by atomic mass is 19.1. The molecule has 9 nitrogen and oxygen atoms in total. The van der Waals surface area contributed by atoms with Crippen LogP contribution < -0.4 is 10.1 Å². The zero-order valence-electron chi connectivity index (χ0n) is 16.2. The van der Waals surface area contributed by atoms with E-state index in [2.05, 4.69) is 30.9 Å². The average Bonchev–Trinajstić information content (AvgIpc) is 3.37. The highest BCUT2D eigenvalue weighted by Crippen LogP contribution is 2.27. The summed E-state index contributed by atoms with van der Waals surface area (Å²) < 4.78 is 26.4. The van der Waals surface area contributed by atoms with Gasteiger partial charge >= 0.3 is 0 Å². The van der Waals surface area contributed by atoms with Gasteiger partial charge in [-0.15, -0.1) is 20.4 Å². The summed E-state index contributed by atoms with van der Waals surface area (Å²) in [6.07, 6.45) is 0. The molecule has 4 heterocycles.